The van der Waals surface area contributed by atoms with Gasteiger partial charge in [-0.05, 0) is 18.6 Å². The largest absolute Gasteiger partial charge is 0.504 e. The minimum absolute atomic E-state index is 0.0866. The summed E-state index contributed by atoms with van der Waals surface area (Å²) in [6.45, 7) is 5.87. The number of rotatable bonds is 5. The van der Waals surface area contributed by atoms with Crippen molar-refractivity contribution in [1.29, 1.82) is 0 Å². The first kappa shape index (κ1) is 14.9. The maximum Gasteiger partial charge on any atom is 0.200 e. The van der Waals surface area contributed by atoms with Gasteiger partial charge in [0.05, 0.1) is 0 Å². The van der Waals surface area contributed by atoms with Crippen LogP contribution in [0.2, 0.25) is 0 Å². The van der Waals surface area contributed by atoms with Gasteiger partial charge in [0.15, 0.2) is 11.5 Å². The molecular formula is C15H24N2O3. The standard InChI is InChI=1S/C15H24N2O3/c1-2-3-4-12(17-9-7-16-8-10-17)11-5-6-13(18)15(20)14(11)19/h5-6,12,16,18-20H,2-4,7-10H2,1H3/t12-/m0/s1. The first-order chi connectivity index (χ1) is 9.65. The Labute approximate surface area is 119 Å². The second kappa shape index (κ2) is 6.81. The van der Waals surface area contributed by atoms with Crippen LogP contribution in [0.5, 0.6) is 17.2 Å². The van der Waals surface area contributed by atoms with E-state index < -0.39 is 5.75 Å². The van der Waals surface area contributed by atoms with Gasteiger partial charge < -0.3 is 20.6 Å². The zero-order valence-electron chi connectivity index (χ0n) is 12.0. The van der Waals surface area contributed by atoms with Gasteiger partial charge in [0.1, 0.15) is 0 Å². The first-order valence-electron chi connectivity index (χ1n) is 7.33. The molecule has 1 aromatic rings. The Balaban J connectivity index is 2.27. The van der Waals surface area contributed by atoms with Crippen LogP contribution in [0.1, 0.15) is 37.8 Å². The van der Waals surface area contributed by atoms with Gasteiger partial charge in [-0.25, -0.2) is 0 Å². The summed E-state index contributed by atoms with van der Waals surface area (Å²) in [6, 6.07) is 3.25. The minimum atomic E-state index is -0.417. The molecule has 1 saturated heterocycles. The van der Waals surface area contributed by atoms with Crippen LogP contribution in [0.4, 0.5) is 0 Å². The van der Waals surface area contributed by atoms with Crippen LogP contribution < -0.4 is 5.32 Å². The van der Waals surface area contributed by atoms with E-state index in [0.29, 0.717) is 5.56 Å². The van der Waals surface area contributed by atoms with Crippen LogP contribution in [-0.2, 0) is 0 Å². The third-order valence-corrected chi connectivity index (χ3v) is 3.94. The van der Waals surface area contributed by atoms with E-state index in [0.717, 1.165) is 45.4 Å². The fraction of sp³-hybridized carbons (Fsp3) is 0.600. The zero-order valence-corrected chi connectivity index (χ0v) is 12.0. The molecule has 0 bridgehead atoms. The third kappa shape index (κ3) is 3.16. The van der Waals surface area contributed by atoms with E-state index in [1.807, 2.05) is 0 Å². The predicted molar refractivity (Wildman–Crippen MR) is 78.1 cm³/mol. The smallest absolute Gasteiger partial charge is 0.200 e. The Morgan fingerprint density at radius 3 is 2.50 bits per heavy atom. The molecule has 0 radical (unpaired) electrons. The molecule has 1 atom stereocenters. The van der Waals surface area contributed by atoms with E-state index in [2.05, 4.69) is 17.1 Å². The molecule has 0 amide bonds. The van der Waals surface area contributed by atoms with Crippen molar-refractivity contribution in [3.8, 4) is 17.2 Å². The van der Waals surface area contributed by atoms with Gasteiger partial charge in [0.2, 0.25) is 5.75 Å². The van der Waals surface area contributed by atoms with Crippen LogP contribution >= 0.6 is 0 Å². The van der Waals surface area contributed by atoms with Gasteiger partial charge in [-0.2, -0.15) is 0 Å². The Kier molecular flexibility index (Phi) is 5.09. The van der Waals surface area contributed by atoms with E-state index in [9.17, 15) is 15.3 Å². The predicted octanol–water partition coefficient (Wildman–Crippen LogP) is 1.94. The average Bonchev–Trinajstić information content (AvgIpc) is 2.48. The van der Waals surface area contributed by atoms with Gasteiger partial charge in [0, 0.05) is 37.8 Å². The number of piperazine rings is 1. The van der Waals surface area contributed by atoms with Crippen LogP contribution in [0, 0.1) is 0 Å². The van der Waals surface area contributed by atoms with E-state index in [1.165, 1.54) is 6.07 Å². The summed E-state index contributed by atoms with van der Waals surface area (Å²) in [4.78, 5) is 2.33. The van der Waals surface area contributed by atoms with E-state index in [1.54, 1.807) is 6.07 Å². The van der Waals surface area contributed by atoms with Crippen molar-refractivity contribution in [2.24, 2.45) is 0 Å². The van der Waals surface area contributed by atoms with Crippen molar-refractivity contribution in [2.45, 2.75) is 32.2 Å². The maximum absolute atomic E-state index is 10.1. The number of hydrogen-bond acceptors (Lipinski definition) is 5. The summed E-state index contributed by atoms with van der Waals surface area (Å²) in [5, 5.41) is 32.6. The summed E-state index contributed by atoms with van der Waals surface area (Å²) >= 11 is 0. The van der Waals surface area contributed by atoms with Crippen LogP contribution in [-0.4, -0.2) is 46.4 Å². The van der Waals surface area contributed by atoms with Crippen molar-refractivity contribution >= 4 is 0 Å². The second-order valence-corrected chi connectivity index (χ2v) is 5.32. The van der Waals surface area contributed by atoms with Crippen molar-refractivity contribution in [1.82, 2.24) is 10.2 Å². The van der Waals surface area contributed by atoms with Gasteiger partial charge in [0.25, 0.3) is 0 Å². The highest BCUT2D eigenvalue weighted by atomic mass is 16.3. The van der Waals surface area contributed by atoms with Crippen molar-refractivity contribution in [3.63, 3.8) is 0 Å². The summed E-state index contributed by atoms with van der Waals surface area (Å²) in [6.07, 6.45) is 3.09. The normalized spacial score (nSPS) is 18.1. The SMILES string of the molecule is CCCC[C@@H](c1ccc(O)c(O)c1O)N1CCNCC1. The monoisotopic (exact) mass is 280 g/mol. The highest BCUT2D eigenvalue weighted by molar-refractivity contribution is 5.54. The number of benzene rings is 1. The first-order valence-corrected chi connectivity index (χ1v) is 7.33. The van der Waals surface area contributed by atoms with E-state index in [-0.39, 0.29) is 17.5 Å². The minimum Gasteiger partial charge on any atom is -0.504 e. The number of aromatic hydroxyl groups is 3. The second-order valence-electron chi connectivity index (χ2n) is 5.32. The van der Waals surface area contributed by atoms with Crippen molar-refractivity contribution < 1.29 is 15.3 Å². The number of nitrogens with one attached hydrogen (secondary N) is 1. The Morgan fingerprint density at radius 2 is 1.85 bits per heavy atom. The number of phenols is 3. The topological polar surface area (TPSA) is 76.0 Å². The summed E-state index contributed by atoms with van der Waals surface area (Å²) in [5.41, 5.74) is 0.704. The van der Waals surface area contributed by atoms with Gasteiger partial charge in [-0.15, -0.1) is 0 Å². The number of nitrogens with zero attached hydrogens (tertiary/aromatic N) is 1. The van der Waals surface area contributed by atoms with Gasteiger partial charge in [-0.3, -0.25) is 4.90 Å². The maximum atomic E-state index is 10.1. The summed E-state index contributed by atoms with van der Waals surface area (Å²) in [5.74, 6) is -0.885. The highest BCUT2D eigenvalue weighted by Crippen LogP contribution is 2.42. The molecule has 0 aliphatic carbocycles. The molecule has 0 unspecified atom stereocenters. The molecule has 1 heterocycles. The summed E-state index contributed by atoms with van der Waals surface area (Å²) < 4.78 is 0. The zero-order chi connectivity index (χ0) is 14.5. The molecule has 4 N–H and O–H groups in total. The van der Waals surface area contributed by atoms with Crippen LogP contribution in [0.15, 0.2) is 12.1 Å². The number of unbranched alkanes of at least 4 members (excludes halogenated alkanes) is 1. The Morgan fingerprint density at radius 1 is 1.15 bits per heavy atom. The molecule has 5 heteroatoms. The van der Waals surface area contributed by atoms with Gasteiger partial charge in [-0.1, -0.05) is 19.8 Å². The average molecular weight is 280 g/mol. The molecule has 0 saturated carbocycles. The number of phenolic OH excluding ortho intramolecular Hbond substituents is 3. The third-order valence-electron chi connectivity index (χ3n) is 3.94. The van der Waals surface area contributed by atoms with Gasteiger partial charge >= 0.3 is 0 Å². The molecule has 1 aliphatic heterocycles. The fourth-order valence-electron chi connectivity index (χ4n) is 2.78. The highest BCUT2D eigenvalue weighted by Gasteiger charge is 2.25. The lowest BCUT2D eigenvalue weighted by Crippen LogP contribution is -2.45. The Bertz CT molecular complexity index is 445. The molecule has 0 aromatic heterocycles. The summed E-state index contributed by atoms with van der Waals surface area (Å²) in [7, 11) is 0. The molecule has 112 valence electrons. The molecular weight excluding hydrogens is 256 g/mol. The van der Waals surface area contributed by atoms with Crippen LogP contribution in [0.3, 0.4) is 0 Å². The quantitative estimate of drug-likeness (QED) is 0.620. The molecule has 1 aliphatic rings. The fourth-order valence-corrected chi connectivity index (χ4v) is 2.78. The van der Waals surface area contributed by atoms with Crippen molar-refractivity contribution in [2.75, 3.05) is 26.2 Å². The molecule has 1 fully saturated rings. The molecule has 5 nitrogen and oxygen atoms in total. The lowest BCUT2D eigenvalue weighted by Gasteiger charge is -2.35. The van der Waals surface area contributed by atoms with E-state index in [4.69, 9.17) is 0 Å². The molecule has 1 aromatic carbocycles. The van der Waals surface area contributed by atoms with E-state index >= 15 is 0 Å². The van der Waals surface area contributed by atoms with Crippen molar-refractivity contribution in [3.05, 3.63) is 17.7 Å². The molecule has 20 heavy (non-hydrogen) atoms. The Hall–Kier alpha value is -1.46. The lowest BCUT2D eigenvalue weighted by molar-refractivity contribution is 0.160. The lowest BCUT2D eigenvalue weighted by atomic mass is 9.97. The molecule has 2 rings (SSSR count). The number of hydrogen-bond donors (Lipinski definition) is 4. The van der Waals surface area contributed by atoms with Crippen LogP contribution in [0.25, 0.3) is 0 Å². The molecule has 0 spiro atoms.